The number of hydrogen-bond donors (Lipinski definition) is 9. The lowest BCUT2D eigenvalue weighted by molar-refractivity contribution is -0.142. The predicted molar refractivity (Wildman–Crippen MR) is 161 cm³/mol. The Balaban J connectivity index is 1.47. The first kappa shape index (κ1) is 32.2. The Morgan fingerprint density at radius 2 is 1.49 bits per heavy atom. The average Bonchev–Trinajstić information content (AvgIpc) is 3.67. The van der Waals surface area contributed by atoms with Crippen molar-refractivity contribution in [3.63, 3.8) is 0 Å². The minimum Gasteiger partial charge on any atom is -0.508 e. The molecule has 0 spiro atoms. The molecule has 45 heavy (non-hydrogen) atoms. The molecule has 0 radical (unpaired) electrons. The number of aliphatic carboxylic acids is 1. The van der Waals surface area contributed by atoms with Crippen molar-refractivity contribution < 1.29 is 34.2 Å². The number of imidazole rings is 1. The van der Waals surface area contributed by atoms with Crippen molar-refractivity contribution in [2.45, 2.75) is 49.9 Å². The second-order valence-electron chi connectivity index (χ2n) is 10.5. The van der Waals surface area contributed by atoms with Crippen LogP contribution in [0.4, 0.5) is 0 Å². The van der Waals surface area contributed by atoms with Crippen LogP contribution in [-0.4, -0.2) is 78.9 Å². The third-order valence-corrected chi connectivity index (χ3v) is 7.09. The van der Waals surface area contributed by atoms with Gasteiger partial charge in [0.1, 0.15) is 23.9 Å². The zero-order valence-electron chi connectivity index (χ0n) is 24.0. The van der Waals surface area contributed by atoms with Gasteiger partial charge in [-0.25, -0.2) is 9.78 Å². The normalized spacial score (nSPS) is 13.7. The van der Waals surface area contributed by atoms with Gasteiger partial charge in [-0.2, -0.15) is 0 Å². The first-order valence-electron chi connectivity index (χ1n) is 14.0. The van der Waals surface area contributed by atoms with E-state index in [4.69, 9.17) is 11.5 Å². The van der Waals surface area contributed by atoms with E-state index in [0.29, 0.717) is 16.8 Å². The number of nitrogens with one attached hydrogen (secondary N) is 5. The molecule has 4 atom stereocenters. The third-order valence-electron chi connectivity index (χ3n) is 7.09. The van der Waals surface area contributed by atoms with Crippen LogP contribution in [-0.2, 0) is 43.2 Å². The molecule has 4 aromatic rings. The van der Waals surface area contributed by atoms with Crippen molar-refractivity contribution in [3.8, 4) is 5.75 Å². The molecule has 4 rings (SSSR count). The van der Waals surface area contributed by atoms with Crippen molar-refractivity contribution in [2.24, 2.45) is 11.5 Å². The second kappa shape index (κ2) is 14.7. The van der Waals surface area contributed by atoms with E-state index in [1.807, 2.05) is 18.2 Å². The molecule has 0 bridgehead atoms. The van der Waals surface area contributed by atoms with E-state index in [1.165, 1.54) is 24.7 Å². The van der Waals surface area contributed by atoms with Crippen LogP contribution in [0.25, 0.3) is 10.9 Å². The summed E-state index contributed by atoms with van der Waals surface area (Å²) in [4.78, 5) is 73.5. The summed E-state index contributed by atoms with van der Waals surface area (Å²) < 4.78 is 0. The number of nitrogens with zero attached hydrogens (tertiary/aromatic N) is 1. The lowest BCUT2D eigenvalue weighted by Gasteiger charge is -2.24. The number of nitrogens with two attached hydrogens (primary N) is 2. The highest BCUT2D eigenvalue weighted by Crippen LogP contribution is 2.19. The van der Waals surface area contributed by atoms with Crippen LogP contribution in [0.3, 0.4) is 0 Å². The summed E-state index contributed by atoms with van der Waals surface area (Å²) in [5.41, 5.74) is 14.0. The maximum absolute atomic E-state index is 13.5. The largest absolute Gasteiger partial charge is 0.508 e. The van der Waals surface area contributed by atoms with Crippen LogP contribution >= 0.6 is 0 Å². The summed E-state index contributed by atoms with van der Waals surface area (Å²) in [5.74, 6) is -4.68. The Bertz CT molecular complexity index is 1650. The number of aromatic nitrogens is 3. The standard InChI is InChI=1S/C30H34N8O7/c31-21(9-16-5-7-19(39)8-6-16)27(41)36-23(11-18-14-33-15-35-18)28(42)37-24(12-26(32)40)29(43)38-25(30(44)45)10-17-13-34-22-4-2-1-3-20(17)22/h1-8,13-15,21,23-25,34,39H,9-12,31H2,(H2,32,40)(H,33,35)(H,36,41)(H,37,42)(H,38,43)(H,44,45). The molecule has 0 saturated carbocycles. The number of benzene rings is 2. The lowest BCUT2D eigenvalue weighted by Crippen LogP contribution is -2.58. The minimum absolute atomic E-state index is 0.0512. The van der Waals surface area contributed by atoms with E-state index in [-0.39, 0.29) is 25.0 Å². The molecule has 236 valence electrons. The van der Waals surface area contributed by atoms with E-state index in [0.717, 1.165) is 10.9 Å². The number of aromatic amines is 2. The van der Waals surface area contributed by atoms with Gasteiger partial charge in [-0.05, 0) is 35.7 Å². The molecule has 4 unspecified atom stereocenters. The highest BCUT2D eigenvalue weighted by atomic mass is 16.4. The number of carbonyl (C=O) groups is 5. The summed E-state index contributed by atoms with van der Waals surface area (Å²) in [6.07, 6.45) is 3.77. The van der Waals surface area contributed by atoms with Crippen LogP contribution in [0.1, 0.15) is 23.2 Å². The van der Waals surface area contributed by atoms with Crippen molar-refractivity contribution >= 4 is 40.5 Å². The number of carboxylic acid groups (broad SMARTS) is 1. The summed E-state index contributed by atoms with van der Waals surface area (Å²) in [6.45, 7) is 0. The van der Waals surface area contributed by atoms with Crippen LogP contribution < -0.4 is 27.4 Å². The number of primary amides is 1. The van der Waals surface area contributed by atoms with Gasteiger partial charge in [0.2, 0.25) is 23.6 Å². The molecule has 0 aliphatic rings. The Kier molecular flexibility index (Phi) is 10.5. The van der Waals surface area contributed by atoms with Crippen LogP contribution in [0.5, 0.6) is 5.75 Å². The van der Waals surface area contributed by atoms with Gasteiger partial charge < -0.3 is 47.6 Å². The fraction of sp³-hybridized carbons (Fsp3) is 0.267. The molecule has 0 saturated heterocycles. The highest BCUT2D eigenvalue weighted by molar-refractivity contribution is 5.96. The predicted octanol–water partition coefficient (Wildman–Crippen LogP) is -0.634. The first-order chi connectivity index (χ1) is 21.5. The van der Waals surface area contributed by atoms with Gasteiger partial charge in [-0.1, -0.05) is 30.3 Å². The first-order valence-corrected chi connectivity index (χ1v) is 14.0. The van der Waals surface area contributed by atoms with E-state index >= 15 is 0 Å². The maximum atomic E-state index is 13.5. The number of carbonyl (C=O) groups excluding carboxylic acids is 4. The molecule has 2 aromatic carbocycles. The number of para-hydroxylation sites is 1. The molecule has 0 aliphatic carbocycles. The fourth-order valence-corrected chi connectivity index (χ4v) is 4.76. The highest BCUT2D eigenvalue weighted by Gasteiger charge is 2.32. The van der Waals surface area contributed by atoms with Gasteiger partial charge in [0.15, 0.2) is 0 Å². The Morgan fingerprint density at radius 3 is 2.16 bits per heavy atom. The Hall–Kier alpha value is -5.70. The van der Waals surface area contributed by atoms with E-state index in [2.05, 4.69) is 30.9 Å². The van der Waals surface area contributed by atoms with Gasteiger partial charge in [-0.3, -0.25) is 19.2 Å². The number of rotatable bonds is 15. The topological polar surface area (TPSA) is 258 Å². The van der Waals surface area contributed by atoms with Gasteiger partial charge in [0, 0.05) is 41.8 Å². The maximum Gasteiger partial charge on any atom is 0.326 e. The fourth-order valence-electron chi connectivity index (χ4n) is 4.76. The quantitative estimate of drug-likeness (QED) is 0.0820. The number of phenols is 1. The van der Waals surface area contributed by atoms with Gasteiger partial charge >= 0.3 is 5.97 Å². The Labute approximate surface area is 256 Å². The smallest absolute Gasteiger partial charge is 0.326 e. The Morgan fingerprint density at radius 1 is 0.822 bits per heavy atom. The average molecular weight is 619 g/mol. The van der Waals surface area contributed by atoms with E-state index in [9.17, 15) is 34.2 Å². The second-order valence-corrected chi connectivity index (χ2v) is 10.5. The lowest BCUT2D eigenvalue weighted by atomic mass is 10.0. The molecule has 4 amide bonds. The minimum atomic E-state index is -1.55. The monoisotopic (exact) mass is 618 g/mol. The molecule has 0 fully saturated rings. The van der Waals surface area contributed by atoms with Crippen LogP contribution in [0.2, 0.25) is 0 Å². The summed E-state index contributed by atoms with van der Waals surface area (Å²) >= 11 is 0. The zero-order chi connectivity index (χ0) is 32.5. The molecule has 2 aromatic heterocycles. The van der Waals surface area contributed by atoms with Crippen molar-refractivity contribution in [3.05, 3.63) is 84.1 Å². The van der Waals surface area contributed by atoms with Gasteiger partial charge in [0.25, 0.3) is 0 Å². The van der Waals surface area contributed by atoms with Crippen LogP contribution in [0.15, 0.2) is 67.3 Å². The number of H-pyrrole nitrogens is 2. The number of amides is 4. The number of aromatic hydroxyl groups is 1. The molecule has 2 heterocycles. The number of hydrogen-bond acceptors (Lipinski definition) is 8. The molecular weight excluding hydrogens is 584 g/mol. The molecule has 15 nitrogen and oxygen atoms in total. The summed E-state index contributed by atoms with van der Waals surface area (Å²) in [5, 5.41) is 27.5. The number of fused-ring (bicyclic) bond motifs is 1. The van der Waals surface area contributed by atoms with E-state index < -0.39 is 60.2 Å². The molecule has 0 aliphatic heterocycles. The van der Waals surface area contributed by atoms with Crippen molar-refractivity contribution in [1.29, 1.82) is 0 Å². The molecular formula is C30H34N8O7. The summed E-state index contributed by atoms with van der Waals surface area (Å²) in [7, 11) is 0. The molecule has 11 N–H and O–H groups in total. The molecule has 15 heteroatoms. The zero-order valence-corrected chi connectivity index (χ0v) is 24.0. The van der Waals surface area contributed by atoms with Crippen molar-refractivity contribution in [1.82, 2.24) is 30.9 Å². The third kappa shape index (κ3) is 8.90. The number of carboxylic acids is 1. The van der Waals surface area contributed by atoms with Crippen molar-refractivity contribution in [2.75, 3.05) is 0 Å². The van der Waals surface area contributed by atoms with Gasteiger partial charge in [-0.15, -0.1) is 0 Å². The SMILES string of the molecule is NC(=O)CC(NC(=O)C(Cc1cnc[nH]1)NC(=O)C(N)Cc1ccc(O)cc1)C(=O)NC(Cc1c[nH]c2ccccc12)C(=O)O. The van der Waals surface area contributed by atoms with E-state index in [1.54, 1.807) is 24.4 Å². The number of phenolic OH excluding ortho intramolecular Hbond substituents is 1. The van der Waals surface area contributed by atoms with Gasteiger partial charge in [0.05, 0.1) is 18.8 Å². The van der Waals surface area contributed by atoms with Crippen LogP contribution in [0, 0.1) is 0 Å². The summed E-state index contributed by atoms with van der Waals surface area (Å²) in [6, 6.07) is 8.07.